The van der Waals surface area contributed by atoms with Crippen LogP contribution in [0.25, 0.3) is 11.2 Å². The van der Waals surface area contributed by atoms with E-state index in [1.807, 2.05) is 12.1 Å². The number of ether oxygens (including phenoxy) is 3. The molecule has 1 aliphatic rings. The summed E-state index contributed by atoms with van der Waals surface area (Å²) in [6.07, 6.45) is 0. The molecular weight excluding hydrogens is 471 g/mol. The van der Waals surface area contributed by atoms with Gasteiger partial charge in [-0.2, -0.15) is 4.98 Å². The summed E-state index contributed by atoms with van der Waals surface area (Å²) in [6.45, 7) is 0.373. The number of hydrogen-bond acceptors (Lipinski definition) is 6. The lowest BCUT2D eigenvalue weighted by Gasteiger charge is -2.10. The van der Waals surface area contributed by atoms with Crippen LogP contribution in [0.3, 0.4) is 0 Å². The maximum Gasteiger partial charge on any atom is 0.332 e. The van der Waals surface area contributed by atoms with Crippen LogP contribution in [0.5, 0.6) is 17.5 Å². The van der Waals surface area contributed by atoms with Gasteiger partial charge < -0.3 is 14.2 Å². The summed E-state index contributed by atoms with van der Waals surface area (Å²) in [7, 11) is 3.22. The highest BCUT2D eigenvalue weighted by atomic mass is 35.5. The number of imidazole rings is 1. The van der Waals surface area contributed by atoms with E-state index in [1.54, 1.807) is 38.4 Å². The molecule has 11 heteroatoms. The first-order chi connectivity index (χ1) is 15.8. The van der Waals surface area contributed by atoms with Gasteiger partial charge in [0.05, 0.1) is 6.54 Å². The van der Waals surface area contributed by atoms with E-state index in [0.29, 0.717) is 27.1 Å². The molecule has 9 nitrogen and oxygen atoms in total. The van der Waals surface area contributed by atoms with Crippen LogP contribution in [0, 0.1) is 0 Å². The summed E-state index contributed by atoms with van der Waals surface area (Å²) in [5.41, 5.74) is 0.900. The second kappa shape index (κ2) is 8.17. The molecule has 0 N–H and O–H groups in total. The number of rotatable bonds is 5. The Kier molecular flexibility index (Phi) is 5.30. The Bertz CT molecular complexity index is 1520. The first-order valence-corrected chi connectivity index (χ1v) is 10.7. The molecule has 3 heterocycles. The van der Waals surface area contributed by atoms with E-state index in [0.717, 1.165) is 10.1 Å². The van der Waals surface area contributed by atoms with Crippen molar-refractivity contribution in [1.82, 2.24) is 18.7 Å². The van der Waals surface area contributed by atoms with E-state index in [-0.39, 0.29) is 37.1 Å². The highest BCUT2D eigenvalue weighted by Gasteiger charge is 2.20. The van der Waals surface area contributed by atoms with E-state index >= 15 is 0 Å². The van der Waals surface area contributed by atoms with Crippen molar-refractivity contribution in [3.8, 4) is 17.5 Å². The number of aromatic nitrogens is 4. The van der Waals surface area contributed by atoms with E-state index in [2.05, 4.69) is 4.98 Å². The summed E-state index contributed by atoms with van der Waals surface area (Å²) in [4.78, 5) is 30.6. The molecule has 2 aromatic carbocycles. The average Bonchev–Trinajstić information content (AvgIpc) is 3.39. The van der Waals surface area contributed by atoms with Crippen molar-refractivity contribution in [2.75, 3.05) is 6.79 Å². The summed E-state index contributed by atoms with van der Waals surface area (Å²) >= 11 is 12.2. The van der Waals surface area contributed by atoms with Crippen LogP contribution in [-0.2, 0) is 27.2 Å². The van der Waals surface area contributed by atoms with Crippen LogP contribution in [0.15, 0.2) is 46.0 Å². The van der Waals surface area contributed by atoms with E-state index in [4.69, 9.17) is 37.4 Å². The van der Waals surface area contributed by atoms with Crippen LogP contribution in [0.1, 0.15) is 11.1 Å². The maximum atomic E-state index is 13.3. The molecule has 5 rings (SSSR count). The quantitative estimate of drug-likeness (QED) is 0.428. The highest BCUT2D eigenvalue weighted by molar-refractivity contribution is 6.35. The lowest BCUT2D eigenvalue weighted by Crippen LogP contribution is -2.39. The molecule has 0 radical (unpaired) electrons. The van der Waals surface area contributed by atoms with Crippen molar-refractivity contribution in [2.24, 2.45) is 14.1 Å². The first kappa shape index (κ1) is 21.4. The number of halogens is 2. The van der Waals surface area contributed by atoms with Crippen LogP contribution in [0.2, 0.25) is 10.0 Å². The normalized spacial score (nSPS) is 12.5. The Morgan fingerprint density at radius 2 is 1.82 bits per heavy atom. The molecule has 0 fully saturated rings. The van der Waals surface area contributed by atoms with Gasteiger partial charge in [-0.1, -0.05) is 35.3 Å². The average molecular weight is 489 g/mol. The minimum atomic E-state index is -0.515. The molecular formula is C22H18Cl2N4O5. The number of fused-ring (bicyclic) bond motifs is 2. The van der Waals surface area contributed by atoms with Crippen molar-refractivity contribution in [1.29, 1.82) is 0 Å². The lowest BCUT2D eigenvalue weighted by atomic mass is 10.2. The van der Waals surface area contributed by atoms with Crippen LogP contribution >= 0.6 is 23.2 Å². The third-order valence-electron chi connectivity index (χ3n) is 5.47. The molecule has 0 saturated carbocycles. The molecule has 4 aromatic rings. The highest BCUT2D eigenvalue weighted by Crippen LogP contribution is 2.32. The fourth-order valence-corrected chi connectivity index (χ4v) is 4.16. The van der Waals surface area contributed by atoms with E-state index in [1.165, 1.54) is 9.13 Å². The Labute approximate surface area is 197 Å². The van der Waals surface area contributed by atoms with Gasteiger partial charge in [-0.05, 0) is 35.4 Å². The summed E-state index contributed by atoms with van der Waals surface area (Å²) in [6, 6.07) is 10.6. The summed E-state index contributed by atoms with van der Waals surface area (Å²) in [5.74, 6) is 1.32. The molecule has 0 spiro atoms. The van der Waals surface area contributed by atoms with Gasteiger partial charge in [-0.15, -0.1) is 0 Å². The Balaban J connectivity index is 1.50. The third-order valence-corrected chi connectivity index (χ3v) is 6.05. The van der Waals surface area contributed by atoms with Gasteiger partial charge in [0.1, 0.15) is 6.61 Å². The summed E-state index contributed by atoms with van der Waals surface area (Å²) in [5, 5.41) is 0.838. The van der Waals surface area contributed by atoms with Gasteiger partial charge in [0, 0.05) is 24.1 Å². The fraction of sp³-hybridized carbons (Fsp3) is 0.227. The van der Waals surface area contributed by atoms with Gasteiger partial charge >= 0.3 is 5.69 Å². The monoisotopic (exact) mass is 488 g/mol. The van der Waals surface area contributed by atoms with Crippen LogP contribution in [0.4, 0.5) is 0 Å². The molecule has 0 unspecified atom stereocenters. The summed E-state index contributed by atoms with van der Waals surface area (Å²) < 4.78 is 20.5. The molecule has 0 bridgehead atoms. The minimum absolute atomic E-state index is 0.00395. The Hall–Kier alpha value is -3.43. The smallest absolute Gasteiger partial charge is 0.332 e. The second-order valence-corrected chi connectivity index (χ2v) is 8.41. The number of aryl methyl sites for hydroxylation is 2. The fourth-order valence-electron chi connectivity index (χ4n) is 3.69. The zero-order valence-corrected chi connectivity index (χ0v) is 19.2. The van der Waals surface area contributed by atoms with Crippen molar-refractivity contribution in [3.63, 3.8) is 0 Å². The van der Waals surface area contributed by atoms with E-state index in [9.17, 15) is 9.59 Å². The van der Waals surface area contributed by atoms with Crippen molar-refractivity contribution in [3.05, 3.63) is 78.4 Å². The SMILES string of the molecule is Cn1c(OCc2ccc3c(c2)OCO3)nc2c1c(=O)n(Cc1ccc(Cl)cc1Cl)c(=O)n2C. The second-order valence-electron chi connectivity index (χ2n) is 7.57. The molecule has 2 aromatic heterocycles. The maximum absolute atomic E-state index is 13.3. The lowest BCUT2D eigenvalue weighted by molar-refractivity contribution is 0.174. The number of nitrogens with zero attached hydrogens (tertiary/aromatic N) is 4. The molecule has 170 valence electrons. The molecule has 0 aliphatic carbocycles. The number of benzene rings is 2. The zero-order valence-electron chi connectivity index (χ0n) is 17.7. The van der Waals surface area contributed by atoms with Gasteiger partial charge in [-0.25, -0.2) is 4.79 Å². The third kappa shape index (κ3) is 3.73. The standard InChI is InChI=1S/C22H18Cl2N4O5/c1-26-18-19(25-21(26)31-10-12-3-6-16-17(7-12)33-11-32-16)27(2)22(30)28(20(18)29)9-13-4-5-14(23)8-15(13)24/h3-8H,9-11H2,1-2H3. The first-order valence-electron chi connectivity index (χ1n) is 9.95. The van der Waals surface area contributed by atoms with Crippen molar-refractivity contribution in [2.45, 2.75) is 13.2 Å². The molecule has 0 atom stereocenters. The van der Waals surface area contributed by atoms with Gasteiger partial charge in [0.2, 0.25) is 6.79 Å². The number of hydrogen-bond donors (Lipinski definition) is 0. The van der Waals surface area contributed by atoms with Crippen LogP contribution in [-0.4, -0.2) is 25.5 Å². The predicted octanol–water partition coefficient (Wildman–Crippen LogP) is 3.10. The van der Waals surface area contributed by atoms with E-state index < -0.39 is 11.2 Å². The molecule has 33 heavy (non-hydrogen) atoms. The predicted molar refractivity (Wildman–Crippen MR) is 123 cm³/mol. The Morgan fingerprint density at radius 1 is 1.03 bits per heavy atom. The van der Waals surface area contributed by atoms with Crippen molar-refractivity contribution >= 4 is 34.4 Å². The van der Waals surface area contributed by atoms with Crippen LogP contribution < -0.4 is 25.5 Å². The topological polar surface area (TPSA) is 89.5 Å². The molecule has 0 saturated heterocycles. The largest absolute Gasteiger partial charge is 0.460 e. The van der Waals surface area contributed by atoms with Gasteiger partial charge in [-0.3, -0.25) is 18.5 Å². The van der Waals surface area contributed by atoms with Gasteiger partial charge in [0.15, 0.2) is 22.7 Å². The minimum Gasteiger partial charge on any atom is -0.460 e. The zero-order chi connectivity index (χ0) is 23.3. The van der Waals surface area contributed by atoms with Gasteiger partial charge in [0.25, 0.3) is 11.6 Å². The Morgan fingerprint density at radius 3 is 2.61 bits per heavy atom. The molecule has 0 amide bonds. The van der Waals surface area contributed by atoms with Crippen molar-refractivity contribution < 1.29 is 14.2 Å². The molecule has 1 aliphatic heterocycles.